The van der Waals surface area contributed by atoms with E-state index in [1.54, 1.807) is 11.4 Å². The second-order valence-corrected chi connectivity index (χ2v) is 6.81. The van der Waals surface area contributed by atoms with E-state index < -0.39 is 18.0 Å². The highest BCUT2D eigenvalue weighted by atomic mass is 32.2. The van der Waals surface area contributed by atoms with Gasteiger partial charge in [0.05, 0.1) is 0 Å². The summed E-state index contributed by atoms with van der Waals surface area (Å²) in [6.45, 7) is 5.59. The fraction of sp³-hybridized carbons (Fsp3) is 0.562. The van der Waals surface area contributed by atoms with E-state index in [1.165, 1.54) is 11.8 Å². The van der Waals surface area contributed by atoms with Gasteiger partial charge < -0.3 is 9.47 Å². The molecule has 1 aliphatic heterocycles. The Morgan fingerprint density at radius 2 is 2.16 bits per heavy atom. The number of cyclic esters (lactones) is 1. The smallest absolute Gasteiger partial charge is 0.347 e. The second-order valence-electron chi connectivity index (χ2n) is 6.03. The van der Waals surface area contributed by atoms with Crippen LogP contribution in [0.3, 0.4) is 0 Å². The molecule has 1 aliphatic rings. The van der Waals surface area contributed by atoms with Crippen molar-refractivity contribution in [3.63, 3.8) is 0 Å². The number of hydrogen-bond acceptors (Lipinski definition) is 8. The number of nitrogens with zero attached hydrogens (tertiary/aromatic N) is 4. The lowest BCUT2D eigenvalue weighted by Crippen LogP contribution is -2.23. The van der Waals surface area contributed by atoms with E-state index in [1.807, 2.05) is 20.1 Å². The number of carbonyl (C=O) groups is 2. The molecule has 8 nitrogen and oxygen atoms in total. The lowest BCUT2D eigenvalue weighted by Gasteiger charge is -2.11. The average Bonchev–Trinajstić information content (AvgIpc) is 3.10. The first-order chi connectivity index (χ1) is 11.9. The maximum atomic E-state index is 12.1. The van der Waals surface area contributed by atoms with Crippen LogP contribution in [-0.4, -0.2) is 50.0 Å². The van der Waals surface area contributed by atoms with Crippen LogP contribution in [0.1, 0.15) is 36.7 Å². The van der Waals surface area contributed by atoms with Crippen LogP contribution in [0.4, 0.5) is 0 Å². The SMILES string of the molecule is CSc1nc2nc(C)c(CCC(=O)O[C@@H]3C[C@@H](C)OC3=O)c(C)n2n1. The molecule has 25 heavy (non-hydrogen) atoms. The highest BCUT2D eigenvalue weighted by Crippen LogP contribution is 2.20. The molecule has 134 valence electrons. The Balaban J connectivity index is 1.70. The van der Waals surface area contributed by atoms with Crippen LogP contribution in [-0.2, 0) is 25.5 Å². The zero-order valence-electron chi connectivity index (χ0n) is 14.6. The highest BCUT2D eigenvalue weighted by molar-refractivity contribution is 7.98. The van der Waals surface area contributed by atoms with E-state index in [9.17, 15) is 9.59 Å². The number of hydrogen-bond donors (Lipinski definition) is 0. The van der Waals surface area contributed by atoms with E-state index in [2.05, 4.69) is 15.1 Å². The van der Waals surface area contributed by atoms with Crippen LogP contribution in [0.2, 0.25) is 0 Å². The molecule has 3 rings (SSSR count). The largest absolute Gasteiger partial charge is 0.460 e. The number of fused-ring (bicyclic) bond motifs is 1. The predicted molar refractivity (Wildman–Crippen MR) is 90.4 cm³/mol. The average molecular weight is 364 g/mol. The van der Waals surface area contributed by atoms with Crippen molar-refractivity contribution in [2.45, 2.75) is 57.4 Å². The van der Waals surface area contributed by atoms with Gasteiger partial charge in [-0.1, -0.05) is 11.8 Å². The van der Waals surface area contributed by atoms with Crippen molar-refractivity contribution >= 4 is 29.5 Å². The molecule has 0 radical (unpaired) electrons. The Hall–Kier alpha value is -2.16. The number of carbonyl (C=O) groups excluding carboxylic acids is 2. The lowest BCUT2D eigenvalue weighted by atomic mass is 10.1. The third-order valence-electron chi connectivity index (χ3n) is 4.19. The topological polar surface area (TPSA) is 95.7 Å². The molecule has 0 aliphatic carbocycles. The van der Waals surface area contributed by atoms with Gasteiger partial charge in [-0.15, -0.1) is 5.10 Å². The van der Waals surface area contributed by atoms with Crippen molar-refractivity contribution in [1.82, 2.24) is 19.6 Å². The Morgan fingerprint density at radius 3 is 2.80 bits per heavy atom. The Kier molecular flexibility index (Phi) is 4.94. The number of rotatable bonds is 5. The molecule has 2 atom stereocenters. The van der Waals surface area contributed by atoms with Crippen molar-refractivity contribution in [3.8, 4) is 0 Å². The van der Waals surface area contributed by atoms with Crippen molar-refractivity contribution in [2.24, 2.45) is 0 Å². The van der Waals surface area contributed by atoms with Gasteiger partial charge in [0, 0.05) is 24.2 Å². The summed E-state index contributed by atoms with van der Waals surface area (Å²) in [7, 11) is 0. The van der Waals surface area contributed by atoms with Gasteiger partial charge in [-0.2, -0.15) is 4.98 Å². The molecular formula is C16H20N4O4S. The first kappa shape index (κ1) is 17.7. The summed E-state index contributed by atoms with van der Waals surface area (Å²) in [5.41, 5.74) is 2.65. The molecule has 3 heterocycles. The first-order valence-electron chi connectivity index (χ1n) is 8.06. The molecule has 0 spiro atoms. The predicted octanol–water partition coefficient (Wildman–Crippen LogP) is 1.64. The molecule has 0 unspecified atom stereocenters. The van der Waals surface area contributed by atoms with Gasteiger partial charge in [0.15, 0.2) is 0 Å². The normalized spacial score (nSPS) is 20.1. The fourth-order valence-corrected chi connectivity index (χ4v) is 3.24. The third kappa shape index (κ3) is 3.60. The number of aromatic nitrogens is 4. The zero-order chi connectivity index (χ0) is 18.1. The molecule has 0 aromatic carbocycles. The standard InChI is InChI=1S/C16H20N4O4S/c1-8-7-12(14(22)23-8)24-13(21)6-5-11-9(2)17-15-18-16(25-4)19-20(15)10(11)3/h8,12H,5-7H2,1-4H3/t8-,12-/m1/s1. The summed E-state index contributed by atoms with van der Waals surface area (Å²) in [6, 6.07) is 0. The van der Waals surface area contributed by atoms with E-state index >= 15 is 0 Å². The summed E-state index contributed by atoms with van der Waals surface area (Å²) in [5.74, 6) is -0.338. The third-order valence-corrected chi connectivity index (χ3v) is 4.73. The Labute approximate surface area is 149 Å². The molecule has 1 fully saturated rings. The Morgan fingerprint density at radius 1 is 1.40 bits per heavy atom. The van der Waals surface area contributed by atoms with Crippen molar-refractivity contribution in [3.05, 3.63) is 17.0 Å². The summed E-state index contributed by atoms with van der Waals surface area (Å²) in [5, 5.41) is 5.04. The molecule has 0 bridgehead atoms. The lowest BCUT2D eigenvalue weighted by molar-refractivity contribution is -0.160. The van der Waals surface area contributed by atoms with Gasteiger partial charge in [-0.25, -0.2) is 14.3 Å². The van der Waals surface area contributed by atoms with Crippen LogP contribution in [0.15, 0.2) is 5.16 Å². The summed E-state index contributed by atoms with van der Waals surface area (Å²) < 4.78 is 11.9. The molecule has 2 aromatic heterocycles. The number of aryl methyl sites for hydroxylation is 2. The van der Waals surface area contributed by atoms with Gasteiger partial charge >= 0.3 is 11.9 Å². The van der Waals surface area contributed by atoms with E-state index in [-0.39, 0.29) is 12.5 Å². The molecule has 0 saturated carbocycles. The van der Waals surface area contributed by atoms with Crippen molar-refractivity contribution in [1.29, 1.82) is 0 Å². The molecular weight excluding hydrogens is 344 g/mol. The molecule has 0 N–H and O–H groups in total. The van der Waals surface area contributed by atoms with Crippen LogP contribution >= 0.6 is 11.8 Å². The maximum absolute atomic E-state index is 12.1. The van der Waals surface area contributed by atoms with Crippen LogP contribution in [0, 0.1) is 13.8 Å². The number of thioether (sulfide) groups is 1. The molecule has 1 saturated heterocycles. The Bertz CT molecular complexity index is 835. The van der Waals surface area contributed by atoms with Crippen molar-refractivity contribution in [2.75, 3.05) is 6.26 Å². The second kappa shape index (κ2) is 6.99. The van der Waals surface area contributed by atoms with Gasteiger partial charge in [-0.05, 0) is 39.0 Å². The monoisotopic (exact) mass is 364 g/mol. The molecule has 0 amide bonds. The maximum Gasteiger partial charge on any atom is 0.347 e. The van der Waals surface area contributed by atoms with Crippen molar-refractivity contribution < 1.29 is 19.1 Å². The minimum Gasteiger partial charge on any atom is -0.460 e. The summed E-state index contributed by atoms with van der Waals surface area (Å²) in [4.78, 5) is 32.4. The molecule has 9 heteroatoms. The quantitative estimate of drug-likeness (QED) is 0.584. The van der Waals surface area contributed by atoms with Crippen LogP contribution in [0.5, 0.6) is 0 Å². The van der Waals surface area contributed by atoms with E-state index in [0.29, 0.717) is 23.8 Å². The number of esters is 2. The zero-order valence-corrected chi connectivity index (χ0v) is 15.4. The minimum absolute atomic E-state index is 0.164. The van der Waals surface area contributed by atoms with E-state index in [4.69, 9.17) is 9.47 Å². The van der Waals surface area contributed by atoms with Gasteiger partial charge in [0.25, 0.3) is 5.78 Å². The first-order valence-corrected chi connectivity index (χ1v) is 9.28. The number of ether oxygens (including phenoxy) is 2. The summed E-state index contributed by atoms with van der Waals surface area (Å²) >= 11 is 1.45. The fourth-order valence-electron chi connectivity index (χ4n) is 2.90. The summed E-state index contributed by atoms with van der Waals surface area (Å²) in [6.07, 6.45) is 1.95. The van der Waals surface area contributed by atoms with Crippen LogP contribution < -0.4 is 0 Å². The molecule has 2 aromatic rings. The highest BCUT2D eigenvalue weighted by Gasteiger charge is 2.34. The van der Waals surface area contributed by atoms with Gasteiger partial charge in [0.2, 0.25) is 11.3 Å². The van der Waals surface area contributed by atoms with Gasteiger partial charge in [0.1, 0.15) is 6.10 Å². The van der Waals surface area contributed by atoms with E-state index in [0.717, 1.165) is 17.0 Å². The van der Waals surface area contributed by atoms with Gasteiger partial charge in [-0.3, -0.25) is 4.79 Å². The van der Waals surface area contributed by atoms with Crippen LogP contribution in [0.25, 0.3) is 5.78 Å². The minimum atomic E-state index is -0.787.